The van der Waals surface area contributed by atoms with Gasteiger partial charge in [0.25, 0.3) is 5.91 Å². The monoisotopic (exact) mass is 386 g/mol. The molecular formula is C21H26N2O5. The first-order valence-corrected chi connectivity index (χ1v) is 9.17. The molecule has 0 bridgehead atoms. The van der Waals surface area contributed by atoms with Gasteiger partial charge in [-0.05, 0) is 49.7 Å². The van der Waals surface area contributed by atoms with Crippen LogP contribution in [0.3, 0.4) is 0 Å². The SMILES string of the molecule is CCNC(=O)COc1cccc(NC(=O)CCCOc2ccc(OC)cc2)c1. The number of carbonyl (C=O) groups is 2. The van der Waals surface area contributed by atoms with Gasteiger partial charge in [0.2, 0.25) is 5.91 Å². The Morgan fingerprint density at radius 2 is 1.68 bits per heavy atom. The first-order valence-electron chi connectivity index (χ1n) is 9.17. The van der Waals surface area contributed by atoms with Crippen molar-refractivity contribution >= 4 is 17.5 Å². The highest BCUT2D eigenvalue weighted by molar-refractivity contribution is 5.90. The Kier molecular flexibility index (Phi) is 8.65. The molecule has 0 fully saturated rings. The van der Waals surface area contributed by atoms with Gasteiger partial charge in [-0.15, -0.1) is 0 Å². The first-order chi connectivity index (χ1) is 13.6. The van der Waals surface area contributed by atoms with E-state index in [-0.39, 0.29) is 18.4 Å². The molecular weight excluding hydrogens is 360 g/mol. The van der Waals surface area contributed by atoms with Crippen molar-refractivity contribution in [2.75, 3.05) is 32.2 Å². The standard InChI is InChI=1S/C21H26N2O5/c1-3-22-21(25)15-28-19-7-4-6-16(14-19)23-20(24)8-5-13-27-18-11-9-17(26-2)10-12-18/h4,6-7,9-12,14H,3,5,8,13,15H2,1-2H3,(H,22,25)(H,23,24). The van der Waals surface area contributed by atoms with Crippen LogP contribution in [0.2, 0.25) is 0 Å². The highest BCUT2D eigenvalue weighted by Gasteiger charge is 2.06. The van der Waals surface area contributed by atoms with E-state index in [9.17, 15) is 9.59 Å². The van der Waals surface area contributed by atoms with Crippen LogP contribution in [0.4, 0.5) is 5.69 Å². The molecule has 28 heavy (non-hydrogen) atoms. The molecule has 0 heterocycles. The predicted octanol–water partition coefficient (Wildman–Crippen LogP) is 3.01. The Balaban J connectivity index is 1.70. The zero-order valence-corrected chi connectivity index (χ0v) is 16.2. The zero-order chi connectivity index (χ0) is 20.2. The normalized spacial score (nSPS) is 10.1. The summed E-state index contributed by atoms with van der Waals surface area (Å²) in [6, 6.07) is 14.2. The topological polar surface area (TPSA) is 85.9 Å². The molecule has 2 rings (SSSR count). The third kappa shape index (κ3) is 7.57. The van der Waals surface area contributed by atoms with Crippen LogP contribution in [0, 0.1) is 0 Å². The van der Waals surface area contributed by atoms with Crippen molar-refractivity contribution in [3.8, 4) is 17.2 Å². The van der Waals surface area contributed by atoms with E-state index in [0.717, 1.165) is 11.5 Å². The second kappa shape index (κ2) is 11.5. The van der Waals surface area contributed by atoms with Crippen molar-refractivity contribution in [2.24, 2.45) is 0 Å². The Morgan fingerprint density at radius 1 is 0.929 bits per heavy atom. The van der Waals surface area contributed by atoms with Gasteiger partial charge in [-0.25, -0.2) is 0 Å². The number of carbonyl (C=O) groups excluding carboxylic acids is 2. The number of hydrogen-bond acceptors (Lipinski definition) is 5. The van der Waals surface area contributed by atoms with Crippen LogP contribution in [0.15, 0.2) is 48.5 Å². The second-order valence-electron chi connectivity index (χ2n) is 5.95. The van der Waals surface area contributed by atoms with Crippen LogP contribution in [0.5, 0.6) is 17.2 Å². The van der Waals surface area contributed by atoms with E-state index in [2.05, 4.69) is 10.6 Å². The highest BCUT2D eigenvalue weighted by atomic mass is 16.5. The van der Waals surface area contributed by atoms with E-state index in [1.807, 2.05) is 31.2 Å². The largest absolute Gasteiger partial charge is 0.497 e. The van der Waals surface area contributed by atoms with E-state index in [1.165, 1.54) is 0 Å². The van der Waals surface area contributed by atoms with Crippen LogP contribution in [-0.2, 0) is 9.59 Å². The molecule has 0 aliphatic rings. The van der Waals surface area contributed by atoms with Crippen LogP contribution in [-0.4, -0.2) is 38.7 Å². The summed E-state index contributed by atoms with van der Waals surface area (Å²) in [6.45, 7) is 2.78. The number of amides is 2. The number of ether oxygens (including phenoxy) is 3. The van der Waals surface area contributed by atoms with Crippen LogP contribution >= 0.6 is 0 Å². The van der Waals surface area contributed by atoms with E-state index in [1.54, 1.807) is 31.4 Å². The summed E-state index contributed by atoms with van der Waals surface area (Å²) in [5, 5.41) is 5.47. The molecule has 7 heteroatoms. The van der Waals surface area contributed by atoms with Gasteiger partial charge >= 0.3 is 0 Å². The molecule has 0 aliphatic heterocycles. The molecule has 2 amide bonds. The molecule has 0 aromatic heterocycles. The Hall–Kier alpha value is -3.22. The fourth-order valence-electron chi connectivity index (χ4n) is 2.38. The maximum absolute atomic E-state index is 12.1. The van der Waals surface area contributed by atoms with E-state index in [4.69, 9.17) is 14.2 Å². The van der Waals surface area contributed by atoms with Crippen molar-refractivity contribution in [3.05, 3.63) is 48.5 Å². The van der Waals surface area contributed by atoms with Crippen molar-refractivity contribution < 1.29 is 23.8 Å². The maximum atomic E-state index is 12.1. The van der Waals surface area contributed by atoms with Gasteiger partial charge in [0, 0.05) is 24.7 Å². The molecule has 2 aromatic rings. The highest BCUT2D eigenvalue weighted by Crippen LogP contribution is 2.18. The lowest BCUT2D eigenvalue weighted by Gasteiger charge is -2.10. The molecule has 0 saturated carbocycles. The lowest BCUT2D eigenvalue weighted by Crippen LogP contribution is -2.28. The molecule has 0 spiro atoms. The van der Waals surface area contributed by atoms with Crippen molar-refractivity contribution in [3.63, 3.8) is 0 Å². The number of hydrogen-bond donors (Lipinski definition) is 2. The van der Waals surface area contributed by atoms with Crippen molar-refractivity contribution in [1.82, 2.24) is 5.32 Å². The van der Waals surface area contributed by atoms with Gasteiger partial charge in [-0.3, -0.25) is 9.59 Å². The van der Waals surface area contributed by atoms with Crippen molar-refractivity contribution in [2.45, 2.75) is 19.8 Å². The maximum Gasteiger partial charge on any atom is 0.257 e. The predicted molar refractivity (Wildman–Crippen MR) is 107 cm³/mol. The summed E-state index contributed by atoms with van der Waals surface area (Å²) in [6.07, 6.45) is 0.922. The summed E-state index contributed by atoms with van der Waals surface area (Å²) in [4.78, 5) is 23.5. The lowest BCUT2D eigenvalue weighted by molar-refractivity contribution is -0.123. The molecule has 0 unspecified atom stereocenters. The average Bonchev–Trinajstić information content (AvgIpc) is 2.71. The van der Waals surface area contributed by atoms with Crippen LogP contribution in [0.25, 0.3) is 0 Å². The third-order valence-corrected chi connectivity index (χ3v) is 3.74. The number of methoxy groups -OCH3 is 1. The minimum Gasteiger partial charge on any atom is -0.497 e. The van der Waals surface area contributed by atoms with E-state index in [0.29, 0.717) is 37.4 Å². The van der Waals surface area contributed by atoms with E-state index >= 15 is 0 Å². The molecule has 0 atom stereocenters. The van der Waals surface area contributed by atoms with Crippen LogP contribution in [0.1, 0.15) is 19.8 Å². The first kappa shape index (κ1) is 21.1. The fourth-order valence-corrected chi connectivity index (χ4v) is 2.38. The Morgan fingerprint density at radius 3 is 2.39 bits per heavy atom. The second-order valence-corrected chi connectivity index (χ2v) is 5.95. The summed E-state index contributed by atoms with van der Waals surface area (Å²) in [5.74, 6) is 1.72. The molecule has 150 valence electrons. The number of rotatable bonds is 11. The molecule has 0 aliphatic carbocycles. The molecule has 0 radical (unpaired) electrons. The molecule has 2 N–H and O–H groups in total. The third-order valence-electron chi connectivity index (χ3n) is 3.74. The van der Waals surface area contributed by atoms with Crippen LogP contribution < -0.4 is 24.8 Å². The van der Waals surface area contributed by atoms with Gasteiger partial charge in [-0.2, -0.15) is 0 Å². The average molecular weight is 386 g/mol. The zero-order valence-electron chi connectivity index (χ0n) is 16.2. The van der Waals surface area contributed by atoms with Crippen molar-refractivity contribution in [1.29, 1.82) is 0 Å². The van der Waals surface area contributed by atoms with Gasteiger partial charge < -0.3 is 24.8 Å². The summed E-state index contributed by atoms with van der Waals surface area (Å²) < 4.78 is 16.1. The lowest BCUT2D eigenvalue weighted by atomic mass is 10.2. The minimum atomic E-state index is -0.186. The van der Waals surface area contributed by atoms with Gasteiger partial charge in [0.15, 0.2) is 6.61 Å². The number of nitrogens with one attached hydrogen (secondary N) is 2. The Bertz CT molecular complexity index is 762. The number of likely N-dealkylation sites (N-methyl/N-ethyl adjacent to an activating group) is 1. The van der Waals surface area contributed by atoms with Gasteiger partial charge in [0.1, 0.15) is 17.2 Å². The minimum absolute atomic E-state index is 0.0616. The number of benzene rings is 2. The smallest absolute Gasteiger partial charge is 0.257 e. The van der Waals surface area contributed by atoms with Gasteiger partial charge in [0.05, 0.1) is 13.7 Å². The molecule has 7 nitrogen and oxygen atoms in total. The summed E-state index contributed by atoms with van der Waals surface area (Å²) in [7, 11) is 1.61. The van der Waals surface area contributed by atoms with E-state index < -0.39 is 0 Å². The number of anilines is 1. The molecule has 0 saturated heterocycles. The Labute approximate surface area is 165 Å². The summed E-state index contributed by atoms with van der Waals surface area (Å²) >= 11 is 0. The fraction of sp³-hybridized carbons (Fsp3) is 0.333. The quantitative estimate of drug-likeness (QED) is 0.580. The van der Waals surface area contributed by atoms with Gasteiger partial charge in [-0.1, -0.05) is 6.07 Å². The summed E-state index contributed by atoms with van der Waals surface area (Å²) in [5.41, 5.74) is 0.620. The molecule has 2 aromatic carbocycles.